The van der Waals surface area contributed by atoms with E-state index < -0.39 is 0 Å². The van der Waals surface area contributed by atoms with Crippen LogP contribution in [0.3, 0.4) is 0 Å². The van der Waals surface area contributed by atoms with Crippen molar-refractivity contribution in [2.45, 2.75) is 13.8 Å². The Labute approximate surface area is 137 Å². The molecule has 0 aliphatic carbocycles. The van der Waals surface area contributed by atoms with Crippen LogP contribution in [0.2, 0.25) is 15.2 Å². The highest BCUT2D eigenvalue weighted by Gasteiger charge is 2.13. The average molecular weight is 338 g/mol. The van der Waals surface area contributed by atoms with Gasteiger partial charge in [0.05, 0.1) is 10.5 Å². The van der Waals surface area contributed by atoms with Crippen molar-refractivity contribution in [3.8, 4) is 11.4 Å². The maximum atomic E-state index is 6.28. The van der Waals surface area contributed by atoms with Crippen molar-refractivity contribution in [3.63, 3.8) is 0 Å². The van der Waals surface area contributed by atoms with Crippen molar-refractivity contribution in [2.75, 3.05) is 0 Å². The zero-order chi connectivity index (χ0) is 15.1. The molecular weight excluding hydrogens is 327 g/mol. The standard InChI is InChI=1S/C16H11Cl3N2/c1-8-3-4-9(2)11(5-8)16-20-14-12(15(19)21-16)6-10(17)7-13(14)18/h3-7H,1-2H3. The van der Waals surface area contributed by atoms with E-state index in [2.05, 4.69) is 9.97 Å². The molecule has 0 spiro atoms. The molecule has 0 saturated carbocycles. The fourth-order valence-electron chi connectivity index (χ4n) is 2.22. The SMILES string of the molecule is Cc1ccc(C)c(-c2nc(Cl)c3cc(Cl)cc(Cl)c3n2)c1. The second-order valence-electron chi connectivity index (χ2n) is 4.94. The molecule has 1 heterocycles. The summed E-state index contributed by atoms with van der Waals surface area (Å²) < 4.78 is 0. The molecule has 0 unspecified atom stereocenters. The van der Waals surface area contributed by atoms with Crippen LogP contribution < -0.4 is 0 Å². The quantitative estimate of drug-likeness (QED) is 0.519. The van der Waals surface area contributed by atoms with Gasteiger partial charge in [0.15, 0.2) is 5.82 Å². The Morgan fingerprint density at radius 3 is 2.43 bits per heavy atom. The fraction of sp³-hybridized carbons (Fsp3) is 0.125. The van der Waals surface area contributed by atoms with E-state index in [-0.39, 0.29) is 0 Å². The van der Waals surface area contributed by atoms with Gasteiger partial charge in [0.1, 0.15) is 5.15 Å². The lowest BCUT2D eigenvalue weighted by molar-refractivity contribution is 1.21. The molecule has 1 aromatic heterocycles. The highest BCUT2D eigenvalue weighted by atomic mass is 35.5. The predicted molar refractivity (Wildman–Crippen MR) is 89.5 cm³/mol. The van der Waals surface area contributed by atoms with Crippen LogP contribution in [0, 0.1) is 13.8 Å². The maximum Gasteiger partial charge on any atom is 0.161 e. The summed E-state index contributed by atoms with van der Waals surface area (Å²) in [6.07, 6.45) is 0. The first-order chi connectivity index (χ1) is 9.95. The third kappa shape index (κ3) is 2.71. The minimum atomic E-state index is 0.348. The summed E-state index contributed by atoms with van der Waals surface area (Å²) in [7, 11) is 0. The molecule has 0 N–H and O–H groups in total. The van der Waals surface area contributed by atoms with E-state index in [0.717, 1.165) is 16.7 Å². The van der Waals surface area contributed by atoms with Crippen LogP contribution in [0.5, 0.6) is 0 Å². The minimum absolute atomic E-state index is 0.348. The molecule has 0 aliphatic heterocycles. The van der Waals surface area contributed by atoms with Crippen LogP contribution >= 0.6 is 34.8 Å². The first-order valence-electron chi connectivity index (χ1n) is 6.35. The van der Waals surface area contributed by atoms with Crippen molar-refractivity contribution >= 4 is 45.7 Å². The van der Waals surface area contributed by atoms with Crippen LogP contribution in [0.1, 0.15) is 11.1 Å². The van der Waals surface area contributed by atoms with Gasteiger partial charge in [-0.2, -0.15) is 0 Å². The molecule has 0 fully saturated rings. The monoisotopic (exact) mass is 336 g/mol. The van der Waals surface area contributed by atoms with Gasteiger partial charge in [0.25, 0.3) is 0 Å². The molecule has 0 bridgehead atoms. The third-order valence-electron chi connectivity index (χ3n) is 3.31. The number of benzene rings is 2. The van der Waals surface area contributed by atoms with Crippen LogP contribution in [0.25, 0.3) is 22.3 Å². The summed E-state index contributed by atoms with van der Waals surface area (Å²) in [5.74, 6) is 0.568. The number of halogens is 3. The lowest BCUT2D eigenvalue weighted by Crippen LogP contribution is -1.95. The molecular formula is C16H11Cl3N2. The van der Waals surface area contributed by atoms with Crippen molar-refractivity contribution in [1.29, 1.82) is 0 Å². The second-order valence-corrected chi connectivity index (χ2v) is 6.14. The smallest absolute Gasteiger partial charge is 0.161 e. The molecule has 0 amide bonds. The Bertz CT molecular complexity index is 860. The third-order valence-corrected chi connectivity index (χ3v) is 4.10. The van der Waals surface area contributed by atoms with Crippen LogP contribution in [0.4, 0.5) is 0 Å². The van der Waals surface area contributed by atoms with E-state index in [1.54, 1.807) is 12.1 Å². The molecule has 2 aromatic carbocycles. The summed E-state index contributed by atoms with van der Waals surface area (Å²) in [5.41, 5.74) is 3.78. The number of fused-ring (bicyclic) bond motifs is 1. The molecule has 0 aliphatic rings. The van der Waals surface area contributed by atoms with Gasteiger partial charge in [-0.05, 0) is 37.6 Å². The molecule has 0 radical (unpaired) electrons. The van der Waals surface area contributed by atoms with E-state index in [0.29, 0.717) is 31.9 Å². The van der Waals surface area contributed by atoms with Gasteiger partial charge >= 0.3 is 0 Å². The van der Waals surface area contributed by atoms with Crippen molar-refractivity contribution in [2.24, 2.45) is 0 Å². The summed E-state index contributed by atoms with van der Waals surface area (Å²) in [6, 6.07) is 9.50. The Morgan fingerprint density at radius 1 is 0.905 bits per heavy atom. The first kappa shape index (κ1) is 14.6. The fourth-order valence-corrected chi connectivity index (χ4v) is 2.98. The average Bonchev–Trinajstić information content (AvgIpc) is 2.42. The highest BCUT2D eigenvalue weighted by Crippen LogP contribution is 2.33. The van der Waals surface area contributed by atoms with E-state index in [9.17, 15) is 0 Å². The van der Waals surface area contributed by atoms with Gasteiger partial charge in [-0.15, -0.1) is 0 Å². The first-order valence-corrected chi connectivity index (χ1v) is 7.49. The summed E-state index contributed by atoms with van der Waals surface area (Å²) >= 11 is 18.5. The van der Waals surface area contributed by atoms with E-state index in [1.807, 2.05) is 32.0 Å². The largest absolute Gasteiger partial charge is 0.226 e. The minimum Gasteiger partial charge on any atom is -0.226 e. The maximum absolute atomic E-state index is 6.28. The Hall–Kier alpha value is -1.35. The van der Waals surface area contributed by atoms with Gasteiger partial charge in [-0.3, -0.25) is 0 Å². The van der Waals surface area contributed by atoms with Gasteiger partial charge in [0.2, 0.25) is 0 Å². The van der Waals surface area contributed by atoms with Gasteiger partial charge < -0.3 is 0 Å². The number of hydrogen-bond donors (Lipinski definition) is 0. The Balaban J connectivity index is 2.33. The van der Waals surface area contributed by atoms with Crippen molar-refractivity contribution in [1.82, 2.24) is 9.97 Å². The van der Waals surface area contributed by atoms with Gasteiger partial charge in [-0.25, -0.2) is 9.97 Å². The lowest BCUT2D eigenvalue weighted by atomic mass is 10.0. The van der Waals surface area contributed by atoms with Crippen LogP contribution in [0.15, 0.2) is 30.3 Å². The van der Waals surface area contributed by atoms with Crippen LogP contribution in [-0.2, 0) is 0 Å². The molecule has 21 heavy (non-hydrogen) atoms. The number of rotatable bonds is 1. The number of nitrogens with zero attached hydrogens (tertiary/aromatic N) is 2. The summed E-state index contributed by atoms with van der Waals surface area (Å²) in [6.45, 7) is 4.04. The van der Waals surface area contributed by atoms with E-state index in [4.69, 9.17) is 34.8 Å². The van der Waals surface area contributed by atoms with E-state index >= 15 is 0 Å². The normalized spacial score (nSPS) is 11.1. The second kappa shape index (κ2) is 5.45. The number of hydrogen-bond acceptors (Lipinski definition) is 2. The summed E-state index contributed by atoms with van der Waals surface area (Å²) in [5, 5.41) is 1.98. The van der Waals surface area contributed by atoms with Gasteiger partial charge in [-0.1, -0.05) is 52.5 Å². The van der Waals surface area contributed by atoms with Gasteiger partial charge in [0, 0.05) is 16.0 Å². The molecule has 3 rings (SSSR count). The molecule has 0 saturated heterocycles. The van der Waals surface area contributed by atoms with E-state index in [1.165, 1.54) is 0 Å². The Kier molecular flexibility index (Phi) is 3.78. The summed E-state index contributed by atoms with van der Waals surface area (Å²) in [4.78, 5) is 8.96. The molecule has 0 atom stereocenters. The zero-order valence-corrected chi connectivity index (χ0v) is 13.7. The van der Waals surface area contributed by atoms with Crippen LogP contribution in [-0.4, -0.2) is 9.97 Å². The van der Waals surface area contributed by atoms with Crippen molar-refractivity contribution in [3.05, 3.63) is 56.7 Å². The number of aromatic nitrogens is 2. The topological polar surface area (TPSA) is 25.8 Å². The Morgan fingerprint density at radius 2 is 1.67 bits per heavy atom. The molecule has 2 nitrogen and oxygen atoms in total. The molecule has 3 aromatic rings. The number of aryl methyl sites for hydroxylation is 2. The van der Waals surface area contributed by atoms with Crippen molar-refractivity contribution < 1.29 is 0 Å². The zero-order valence-electron chi connectivity index (χ0n) is 11.4. The lowest BCUT2D eigenvalue weighted by Gasteiger charge is -2.09. The highest BCUT2D eigenvalue weighted by molar-refractivity contribution is 6.41. The molecule has 106 valence electrons. The molecule has 5 heteroatoms. The predicted octanol–water partition coefficient (Wildman–Crippen LogP) is 5.87.